The molecule has 0 rings (SSSR count). The summed E-state index contributed by atoms with van der Waals surface area (Å²) in [7, 11) is 0. The van der Waals surface area contributed by atoms with Gasteiger partial charge in [-0.25, -0.2) is 4.79 Å². The van der Waals surface area contributed by atoms with Gasteiger partial charge in [0.15, 0.2) is 5.96 Å². The molecule has 0 aliphatic carbocycles. The zero-order valence-electron chi connectivity index (χ0n) is 18.9. The first-order valence-corrected chi connectivity index (χ1v) is 11.8. The van der Waals surface area contributed by atoms with Crippen molar-refractivity contribution in [3.8, 4) is 0 Å². The average molecular weight is 476 g/mol. The van der Waals surface area contributed by atoms with Gasteiger partial charge in [0.25, 0.3) is 0 Å². The van der Waals surface area contributed by atoms with Crippen LogP contribution in [0.2, 0.25) is 0 Å². The van der Waals surface area contributed by atoms with Crippen LogP contribution in [0.25, 0.3) is 0 Å². The maximum absolute atomic E-state index is 12.7. The summed E-state index contributed by atoms with van der Waals surface area (Å²) in [5.41, 5.74) is 16.3. The van der Waals surface area contributed by atoms with Crippen LogP contribution in [-0.2, 0) is 19.2 Å². The first-order valence-electron chi connectivity index (χ1n) is 10.4. The number of thioether (sulfide) groups is 1. The van der Waals surface area contributed by atoms with Crippen LogP contribution < -0.4 is 33.2 Å². The molecule has 184 valence electrons. The highest BCUT2D eigenvalue weighted by molar-refractivity contribution is 7.98. The Morgan fingerprint density at radius 2 is 1.69 bits per heavy atom. The maximum atomic E-state index is 12.7. The lowest BCUT2D eigenvalue weighted by molar-refractivity contribution is -0.142. The lowest BCUT2D eigenvalue weighted by atomic mass is 10.0. The Bertz CT molecular complexity index is 656. The van der Waals surface area contributed by atoms with Crippen LogP contribution >= 0.6 is 11.8 Å². The fourth-order valence-corrected chi connectivity index (χ4v) is 3.17. The SMILES string of the molecule is CSCCC(NC(=O)C(CCCN=C(N)N)NC(=O)CNC(=O)C(N)CC(C)C)C(=O)O. The molecule has 0 aromatic heterocycles. The Kier molecular flexibility index (Phi) is 14.9. The summed E-state index contributed by atoms with van der Waals surface area (Å²) >= 11 is 1.45. The van der Waals surface area contributed by atoms with E-state index in [4.69, 9.17) is 17.2 Å². The van der Waals surface area contributed by atoms with Crippen molar-refractivity contribution in [3.05, 3.63) is 0 Å². The van der Waals surface area contributed by atoms with E-state index in [1.807, 2.05) is 20.1 Å². The van der Waals surface area contributed by atoms with Crippen molar-refractivity contribution in [3.63, 3.8) is 0 Å². The number of carboxylic acid groups (broad SMARTS) is 1. The van der Waals surface area contributed by atoms with Crippen LogP contribution in [-0.4, -0.2) is 78.0 Å². The fraction of sp³-hybridized carbons (Fsp3) is 0.737. The summed E-state index contributed by atoms with van der Waals surface area (Å²) in [6.07, 6.45) is 3.07. The average Bonchev–Trinajstić information content (AvgIpc) is 2.70. The molecule has 13 heteroatoms. The van der Waals surface area contributed by atoms with Crippen molar-refractivity contribution in [2.75, 3.05) is 25.1 Å². The van der Waals surface area contributed by atoms with Gasteiger partial charge in [-0.2, -0.15) is 11.8 Å². The molecule has 12 nitrogen and oxygen atoms in total. The number of aliphatic imine (C=N–C) groups is 1. The first-order chi connectivity index (χ1) is 15.0. The third-order valence-electron chi connectivity index (χ3n) is 4.31. The Hall–Kier alpha value is -2.54. The number of hydrogen-bond donors (Lipinski definition) is 7. The predicted octanol–water partition coefficient (Wildman–Crippen LogP) is -1.66. The smallest absolute Gasteiger partial charge is 0.326 e. The molecule has 0 bridgehead atoms. The highest BCUT2D eigenvalue weighted by Gasteiger charge is 2.26. The Morgan fingerprint density at radius 3 is 2.22 bits per heavy atom. The van der Waals surface area contributed by atoms with Crippen molar-refractivity contribution < 1.29 is 24.3 Å². The molecule has 0 aliphatic heterocycles. The van der Waals surface area contributed by atoms with E-state index in [-0.39, 0.29) is 37.8 Å². The van der Waals surface area contributed by atoms with Gasteiger partial charge in [-0.1, -0.05) is 13.8 Å². The van der Waals surface area contributed by atoms with Crippen molar-refractivity contribution in [2.45, 2.75) is 57.7 Å². The Labute approximate surface area is 192 Å². The quantitative estimate of drug-likeness (QED) is 0.0771. The van der Waals surface area contributed by atoms with E-state index in [2.05, 4.69) is 20.9 Å². The molecule has 10 N–H and O–H groups in total. The molecule has 0 heterocycles. The number of aliphatic carboxylic acids is 1. The molecule has 0 spiro atoms. The van der Waals surface area contributed by atoms with Gasteiger partial charge < -0.3 is 38.3 Å². The summed E-state index contributed by atoms with van der Waals surface area (Å²) in [6, 6.07) is -2.84. The monoisotopic (exact) mass is 475 g/mol. The summed E-state index contributed by atoms with van der Waals surface area (Å²) in [5, 5.41) is 16.7. The molecule has 3 unspecified atom stereocenters. The molecule has 3 amide bonds. The fourth-order valence-electron chi connectivity index (χ4n) is 2.70. The number of nitrogens with two attached hydrogens (primary N) is 3. The van der Waals surface area contributed by atoms with Gasteiger partial charge in [-0.3, -0.25) is 19.4 Å². The minimum atomic E-state index is -1.16. The normalized spacial score (nSPS) is 13.5. The molecular formula is C19H37N7O5S. The third-order valence-corrected chi connectivity index (χ3v) is 4.95. The van der Waals surface area contributed by atoms with Gasteiger partial charge in [0.2, 0.25) is 17.7 Å². The largest absolute Gasteiger partial charge is 0.480 e. The number of hydrogen-bond acceptors (Lipinski definition) is 7. The molecule has 0 aliphatic rings. The molecular weight excluding hydrogens is 438 g/mol. The van der Waals surface area contributed by atoms with E-state index in [1.54, 1.807) is 0 Å². The lowest BCUT2D eigenvalue weighted by Gasteiger charge is -2.21. The van der Waals surface area contributed by atoms with E-state index in [1.165, 1.54) is 11.8 Å². The minimum Gasteiger partial charge on any atom is -0.480 e. The highest BCUT2D eigenvalue weighted by atomic mass is 32.2. The summed E-state index contributed by atoms with van der Waals surface area (Å²) in [6.45, 7) is 3.72. The summed E-state index contributed by atoms with van der Waals surface area (Å²) in [5.74, 6) is -2.21. The molecule has 0 aromatic rings. The number of carbonyl (C=O) groups is 4. The van der Waals surface area contributed by atoms with E-state index >= 15 is 0 Å². The molecule has 0 fully saturated rings. The van der Waals surface area contributed by atoms with Crippen molar-refractivity contribution in [2.24, 2.45) is 28.1 Å². The maximum Gasteiger partial charge on any atom is 0.326 e. The van der Waals surface area contributed by atoms with Gasteiger partial charge in [0.05, 0.1) is 12.6 Å². The van der Waals surface area contributed by atoms with Crippen LogP contribution in [0, 0.1) is 5.92 Å². The van der Waals surface area contributed by atoms with E-state index in [9.17, 15) is 24.3 Å². The number of carboxylic acids is 1. The lowest BCUT2D eigenvalue weighted by Crippen LogP contribution is -2.53. The number of carbonyl (C=O) groups excluding carboxylic acids is 3. The molecule has 3 atom stereocenters. The van der Waals surface area contributed by atoms with Crippen LogP contribution in [0.1, 0.15) is 39.5 Å². The number of guanidine groups is 1. The molecule has 0 aromatic carbocycles. The van der Waals surface area contributed by atoms with Crippen molar-refractivity contribution in [1.82, 2.24) is 16.0 Å². The van der Waals surface area contributed by atoms with E-state index < -0.39 is 41.8 Å². The number of nitrogens with zero attached hydrogens (tertiary/aromatic N) is 1. The second-order valence-electron chi connectivity index (χ2n) is 7.70. The van der Waals surface area contributed by atoms with Crippen molar-refractivity contribution in [1.29, 1.82) is 0 Å². The van der Waals surface area contributed by atoms with Crippen LogP contribution in [0.4, 0.5) is 0 Å². The predicted molar refractivity (Wildman–Crippen MR) is 125 cm³/mol. The number of nitrogens with one attached hydrogen (secondary N) is 3. The number of amides is 3. The van der Waals surface area contributed by atoms with Crippen LogP contribution in [0.15, 0.2) is 4.99 Å². The van der Waals surface area contributed by atoms with Crippen LogP contribution in [0.3, 0.4) is 0 Å². The van der Waals surface area contributed by atoms with E-state index in [0.29, 0.717) is 18.6 Å². The van der Waals surface area contributed by atoms with Crippen molar-refractivity contribution >= 4 is 41.4 Å². The molecule has 0 saturated carbocycles. The molecule has 0 saturated heterocycles. The topological polar surface area (TPSA) is 215 Å². The Balaban J connectivity index is 5.01. The molecule has 0 radical (unpaired) electrons. The zero-order chi connectivity index (χ0) is 24.7. The zero-order valence-corrected chi connectivity index (χ0v) is 19.7. The second kappa shape index (κ2) is 16.1. The summed E-state index contributed by atoms with van der Waals surface area (Å²) < 4.78 is 0. The Morgan fingerprint density at radius 1 is 1.03 bits per heavy atom. The summed E-state index contributed by atoms with van der Waals surface area (Å²) in [4.78, 5) is 52.2. The minimum absolute atomic E-state index is 0.0986. The van der Waals surface area contributed by atoms with Crippen LogP contribution in [0.5, 0.6) is 0 Å². The van der Waals surface area contributed by atoms with Gasteiger partial charge in [-0.15, -0.1) is 0 Å². The number of rotatable bonds is 16. The standard InChI is InChI=1S/C19H37N7O5S/c1-11(2)9-12(20)16(28)24-10-15(27)25-13(5-4-7-23-19(21)22)17(29)26-14(18(30)31)6-8-32-3/h11-14H,4-10,20H2,1-3H3,(H,24,28)(H,25,27)(H,26,29)(H,30,31)(H4,21,22,23). The van der Waals surface area contributed by atoms with E-state index in [0.717, 1.165) is 0 Å². The third kappa shape index (κ3) is 13.7. The van der Waals surface area contributed by atoms with Gasteiger partial charge >= 0.3 is 5.97 Å². The molecule has 32 heavy (non-hydrogen) atoms. The van der Waals surface area contributed by atoms with Gasteiger partial charge in [0, 0.05) is 6.54 Å². The van der Waals surface area contributed by atoms with Gasteiger partial charge in [-0.05, 0) is 43.6 Å². The van der Waals surface area contributed by atoms with Gasteiger partial charge in [0.1, 0.15) is 12.1 Å². The first kappa shape index (κ1) is 29.5. The second-order valence-corrected chi connectivity index (χ2v) is 8.69. The highest BCUT2D eigenvalue weighted by Crippen LogP contribution is 2.05.